The maximum absolute atomic E-state index is 13.3. The number of alkyl halides is 3. The van der Waals surface area contributed by atoms with Crippen LogP contribution < -0.4 is 10.5 Å². The molecule has 1 aliphatic heterocycles. The van der Waals surface area contributed by atoms with Gasteiger partial charge in [0.2, 0.25) is 0 Å². The van der Waals surface area contributed by atoms with Crippen molar-refractivity contribution in [3.63, 3.8) is 0 Å². The van der Waals surface area contributed by atoms with Gasteiger partial charge in [0, 0.05) is 48.4 Å². The van der Waals surface area contributed by atoms with Crippen molar-refractivity contribution in [3.05, 3.63) is 80.8 Å². The van der Waals surface area contributed by atoms with Gasteiger partial charge >= 0.3 is 6.18 Å². The van der Waals surface area contributed by atoms with Crippen molar-refractivity contribution in [2.24, 2.45) is 5.92 Å². The molecule has 1 atom stereocenters. The lowest BCUT2D eigenvalue weighted by molar-refractivity contribution is -0.137. The summed E-state index contributed by atoms with van der Waals surface area (Å²) in [6, 6.07) is 9.82. The van der Waals surface area contributed by atoms with E-state index in [1.165, 1.54) is 26.9 Å². The molecule has 200 valence electrons. The molecule has 1 unspecified atom stereocenters. The van der Waals surface area contributed by atoms with Gasteiger partial charge in [0.25, 0.3) is 5.56 Å². The van der Waals surface area contributed by atoms with E-state index in [1.54, 1.807) is 6.20 Å². The zero-order chi connectivity index (χ0) is 26.9. The predicted octanol–water partition coefficient (Wildman–Crippen LogP) is 6.45. The minimum Gasteiger partial charge on any atom is -0.361 e. The van der Waals surface area contributed by atoms with Gasteiger partial charge in [-0.15, -0.1) is 0 Å². The number of anilines is 1. The van der Waals surface area contributed by atoms with Gasteiger partial charge in [0.05, 0.1) is 23.2 Å². The number of ketones is 1. The number of carbonyl (C=O) groups excluding carboxylic acids is 1. The Morgan fingerprint density at radius 3 is 2.82 bits per heavy atom. The third-order valence-electron chi connectivity index (χ3n) is 7.15. The summed E-state index contributed by atoms with van der Waals surface area (Å²) in [6.07, 6.45) is 3.28. The highest BCUT2D eigenvalue weighted by Gasteiger charge is 2.33. The molecule has 10 heteroatoms. The molecule has 6 nitrogen and oxygen atoms in total. The molecular formula is C28H29F3N4O2S. The maximum Gasteiger partial charge on any atom is 0.416 e. The number of hydrogen-bond donors (Lipinski definition) is 1. The Morgan fingerprint density at radius 2 is 2.03 bits per heavy atom. The summed E-state index contributed by atoms with van der Waals surface area (Å²) in [4.78, 5) is 35.6. The van der Waals surface area contributed by atoms with E-state index in [0.29, 0.717) is 29.0 Å². The maximum atomic E-state index is 13.3. The van der Waals surface area contributed by atoms with Gasteiger partial charge in [-0.3, -0.25) is 9.59 Å². The number of H-pyrrole nitrogens is 1. The van der Waals surface area contributed by atoms with Crippen molar-refractivity contribution in [1.29, 1.82) is 0 Å². The average Bonchev–Trinajstić information content (AvgIpc) is 3.54. The molecule has 0 saturated heterocycles. The molecule has 1 N–H and O–H groups in total. The third-order valence-corrected chi connectivity index (χ3v) is 8.25. The lowest BCUT2D eigenvalue weighted by Crippen LogP contribution is -2.39. The van der Waals surface area contributed by atoms with E-state index in [9.17, 15) is 22.8 Å². The number of nitrogens with zero attached hydrogens (tertiary/aromatic N) is 3. The Morgan fingerprint density at radius 1 is 1.21 bits per heavy atom. The molecular weight excluding hydrogens is 513 g/mol. The molecule has 0 bridgehead atoms. The molecule has 4 aromatic rings. The zero-order valence-electron chi connectivity index (χ0n) is 21.1. The smallest absolute Gasteiger partial charge is 0.361 e. The highest BCUT2D eigenvalue weighted by Crippen LogP contribution is 2.32. The quantitative estimate of drug-likeness (QED) is 0.247. The van der Waals surface area contributed by atoms with Crippen LogP contribution >= 0.6 is 11.3 Å². The molecule has 0 fully saturated rings. The fourth-order valence-electron chi connectivity index (χ4n) is 5.14. The molecule has 0 spiro atoms. The van der Waals surface area contributed by atoms with Crippen LogP contribution in [-0.2, 0) is 25.7 Å². The number of para-hydroxylation sites is 1. The van der Waals surface area contributed by atoms with Crippen molar-refractivity contribution in [3.8, 4) is 0 Å². The highest BCUT2D eigenvalue weighted by molar-refractivity contribution is 7.17. The summed E-state index contributed by atoms with van der Waals surface area (Å²) in [5.41, 5.74) is 0.983. The van der Waals surface area contributed by atoms with Crippen molar-refractivity contribution >= 4 is 33.2 Å². The standard InChI is InChI=1S/C28H29F3N4O2S/c1-2-3-6-18(11-19-15-32-23-8-5-4-7-22(19)23)12-24(36)25-16-33-27(38-25)34-9-10-35-21(17-34)13-20(14-26(35)37)28(29,30)31/h4-5,7-8,13-16,18,32H,2-3,6,9-12,17H2,1H3. The summed E-state index contributed by atoms with van der Waals surface area (Å²) < 4.78 is 41.0. The van der Waals surface area contributed by atoms with E-state index < -0.39 is 17.3 Å². The Labute approximate surface area is 222 Å². The van der Waals surface area contributed by atoms with Crippen LogP contribution in [0.2, 0.25) is 0 Å². The number of halogens is 3. The summed E-state index contributed by atoms with van der Waals surface area (Å²) in [5, 5.41) is 1.76. The summed E-state index contributed by atoms with van der Waals surface area (Å²) in [7, 11) is 0. The lowest BCUT2D eigenvalue weighted by Gasteiger charge is -2.30. The topological polar surface area (TPSA) is 71.0 Å². The van der Waals surface area contributed by atoms with E-state index in [-0.39, 0.29) is 30.5 Å². The number of pyridine rings is 1. The van der Waals surface area contributed by atoms with Gasteiger partial charge < -0.3 is 14.5 Å². The molecule has 0 saturated carbocycles. The van der Waals surface area contributed by atoms with E-state index in [0.717, 1.165) is 37.3 Å². The zero-order valence-corrected chi connectivity index (χ0v) is 21.9. The second kappa shape index (κ2) is 10.8. The molecule has 5 rings (SSSR count). The number of thiazole rings is 1. The first-order valence-electron chi connectivity index (χ1n) is 12.8. The van der Waals surface area contributed by atoms with Gasteiger partial charge in [0.1, 0.15) is 0 Å². The number of aromatic nitrogens is 3. The second-order valence-corrected chi connectivity index (χ2v) is 10.9. The molecule has 4 heterocycles. The number of benzene rings is 1. The molecule has 1 aliphatic rings. The number of rotatable bonds is 9. The number of nitrogens with one attached hydrogen (secondary N) is 1. The lowest BCUT2D eigenvalue weighted by atomic mass is 9.89. The first kappa shape index (κ1) is 26.2. The van der Waals surface area contributed by atoms with E-state index in [1.807, 2.05) is 29.3 Å². The Bertz CT molecular complexity index is 1500. The van der Waals surface area contributed by atoms with Crippen LogP contribution in [-0.4, -0.2) is 26.9 Å². The molecule has 0 aliphatic carbocycles. The van der Waals surface area contributed by atoms with Crippen LogP contribution in [0.3, 0.4) is 0 Å². The number of hydrogen-bond acceptors (Lipinski definition) is 5. The number of unbranched alkanes of at least 4 members (excludes halogenated alkanes) is 1. The van der Waals surface area contributed by atoms with Gasteiger partial charge in [-0.05, 0) is 36.5 Å². The minimum atomic E-state index is -4.58. The Hall–Kier alpha value is -3.40. The van der Waals surface area contributed by atoms with Gasteiger partial charge in [-0.2, -0.15) is 13.2 Å². The number of fused-ring (bicyclic) bond motifs is 2. The van der Waals surface area contributed by atoms with Crippen LogP contribution in [0.5, 0.6) is 0 Å². The molecule has 0 amide bonds. The van der Waals surface area contributed by atoms with Crippen molar-refractivity contribution in [1.82, 2.24) is 14.5 Å². The molecule has 3 aromatic heterocycles. The predicted molar refractivity (Wildman–Crippen MR) is 143 cm³/mol. The molecule has 0 radical (unpaired) electrons. The molecule has 38 heavy (non-hydrogen) atoms. The van der Waals surface area contributed by atoms with E-state index in [4.69, 9.17) is 0 Å². The summed E-state index contributed by atoms with van der Waals surface area (Å²) in [5.74, 6) is 0.226. The van der Waals surface area contributed by atoms with Crippen molar-refractivity contribution in [2.45, 2.75) is 58.3 Å². The van der Waals surface area contributed by atoms with Crippen LogP contribution in [0.15, 0.2) is 53.6 Å². The molecule has 1 aromatic carbocycles. The number of carbonyl (C=O) groups is 1. The first-order chi connectivity index (χ1) is 18.2. The van der Waals surface area contributed by atoms with Gasteiger partial charge in [-0.1, -0.05) is 49.3 Å². The minimum absolute atomic E-state index is 0.0303. The SMILES string of the molecule is CCCCC(CC(=O)c1cnc(N2CCn3c(cc(C(F)(F)F)cc3=O)C2)s1)Cc1c[nH]c2ccccc12. The van der Waals surface area contributed by atoms with Gasteiger partial charge in [-0.25, -0.2) is 4.98 Å². The highest BCUT2D eigenvalue weighted by atomic mass is 32.1. The summed E-state index contributed by atoms with van der Waals surface area (Å²) >= 11 is 1.26. The third kappa shape index (κ3) is 5.55. The van der Waals surface area contributed by atoms with Gasteiger partial charge in [0.15, 0.2) is 10.9 Å². The monoisotopic (exact) mass is 542 g/mol. The van der Waals surface area contributed by atoms with E-state index >= 15 is 0 Å². The van der Waals surface area contributed by atoms with Crippen molar-refractivity contribution < 1.29 is 18.0 Å². The number of aromatic amines is 1. The number of Topliss-reactive ketones (excluding diaryl/α,β-unsaturated/α-hetero) is 1. The second-order valence-electron chi connectivity index (χ2n) is 9.85. The fourth-order valence-corrected chi connectivity index (χ4v) is 6.03. The normalized spacial score (nSPS) is 14.6. The summed E-state index contributed by atoms with van der Waals surface area (Å²) in [6.45, 7) is 2.96. The Kier molecular flexibility index (Phi) is 7.43. The van der Waals surface area contributed by atoms with Crippen LogP contribution in [0.4, 0.5) is 18.3 Å². The largest absolute Gasteiger partial charge is 0.416 e. The van der Waals surface area contributed by atoms with Crippen molar-refractivity contribution in [2.75, 3.05) is 11.4 Å². The van der Waals surface area contributed by atoms with Crippen LogP contribution in [0, 0.1) is 5.92 Å². The first-order valence-corrected chi connectivity index (χ1v) is 13.6. The fraction of sp³-hybridized carbons (Fsp3) is 0.393. The Balaban J connectivity index is 1.30. The van der Waals surface area contributed by atoms with Crippen LogP contribution in [0.1, 0.15) is 59.1 Å². The van der Waals surface area contributed by atoms with Crippen LogP contribution in [0.25, 0.3) is 10.9 Å². The average molecular weight is 543 g/mol. The van der Waals surface area contributed by atoms with E-state index in [2.05, 4.69) is 23.0 Å².